The Morgan fingerprint density at radius 2 is 2.42 bits per heavy atom. The van der Waals surface area contributed by atoms with Gasteiger partial charge in [0.25, 0.3) is 0 Å². The summed E-state index contributed by atoms with van der Waals surface area (Å²) < 4.78 is 0. The lowest BCUT2D eigenvalue weighted by atomic mass is 10.1. The first-order valence-corrected chi connectivity index (χ1v) is 7.29. The maximum Gasteiger partial charge on any atom is 0.128 e. The van der Waals surface area contributed by atoms with Crippen molar-refractivity contribution in [3.63, 3.8) is 0 Å². The van der Waals surface area contributed by atoms with Crippen molar-refractivity contribution in [3.8, 4) is 0 Å². The lowest BCUT2D eigenvalue weighted by molar-refractivity contribution is 0.263. The molecule has 2 atom stereocenters. The third kappa shape index (κ3) is 3.67. The van der Waals surface area contributed by atoms with E-state index in [1.807, 2.05) is 6.20 Å². The van der Waals surface area contributed by atoms with Gasteiger partial charge in [-0.1, -0.05) is 6.92 Å². The number of pyridine rings is 1. The maximum atomic E-state index is 9.02. The van der Waals surface area contributed by atoms with Gasteiger partial charge in [-0.3, -0.25) is 0 Å². The van der Waals surface area contributed by atoms with E-state index < -0.39 is 0 Å². The van der Waals surface area contributed by atoms with Gasteiger partial charge in [-0.25, -0.2) is 4.98 Å². The van der Waals surface area contributed by atoms with Gasteiger partial charge in [0.1, 0.15) is 5.82 Å². The van der Waals surface area contributed by atoms with Gasteiger partial charge >= 0.3 is 0 Å². The molecule has 1 aliphatic rings. The van der Waals surface area contributed by atoms with Crippen molar-refractivity contribution in [2.75, 3.05) is 31.1 Å². The highest BCUT2D eigenvalue weighted by atomic mass is 16.3. The first-order chi connectivity index (χ1) is 9.24. The Balaban J connectivity index is 2.03. The molecule has 19 heavy (non-hydrogen) atoms. The fourth-order valence-corrected chi connectivity index (χ4v) is 2.76. The topological polar surface area (TPSA) is 48.4 Å². The second-order valence-corrected chi connectivity index (χ2v) is 5.34. The predicted molar refractivity (Wildman–Crippen MR) is 78.4 cm³/mol. The minimum Gasteiger partial charge on any atom is -0.396 e. The zero-order valence-electron chi connectivity index (χ0n) is 12.0. The molecule has 106 valence electrons. The second kappa shape index (κ2) is 6.87. The van der Waals surface area contributed by atoms with Crippen LogP contribution in [0.4, 0.5) is 5.82 Å². The van der Waals surface area contributed by atoms with Gasteiger partial charge < -0.3 is 15.3 Å². The van der Waals surface area contributed by atoms with E-state index in [0.29, 0.717) is 18.6 Å². The first-order valence-electron chi connectivity index (χ1n) is 7.29. The lowest BCUT2D eigenvalue weighted by Crippen LogP contribution is -2.22. The van der Waals surface area contributed by atoms with Crippen LogP contribution in [0.5, 0.6) is 0 Å². The first kappa shape index (κ1) is 14.3. The number of nitrogens with zero attached hydrogens (tertiary/aromatic N) is 2. The molecule has 0 aromatic carbocycles. The number of nitrogens with one attached hydrogen (secondary N) is 1. The fraction of sp³-hybridized carbons (Fsp3) is 0.667. The highest BCUT2D eigenvalue weighted by molar-refractivity contribution is 5.42. The summed E-state index contributed by atoms with van der Waals surface area (Å²) in [7, 11) is 0. The summed E-state index contributed by atoms with van der Waals surface area (Å²) in [5, 5.41) is 12.4. The number of hydrogen-bond acceptors (Lipinski definition) is 4. The van der Waals surface area contributed by atoms with Crippen molar-refractivity contribution < 1.29 is 5.11 Å². The predicted octanol–water partition coefficient (Wildman–Crippen LogP) is 1.96. The number of aliphatic hydroxyl groups is 1. The van der Waals surface area contributed by atoms with Crippen LogP contribution in [-0.2, 0) is 0 Å². The van der Waals surface area contributed by atoms with E-state index in [-0.39, 0.29) is 0 Å². The standard InChI is InChI=1S/C15H25N3O/c1-3-16-12(2)14-4-7-17-15(10-14)18-8-5-13(11-18)6-9-19/h4,7,10,12-13,16,19H,3,5-6,8-9,11H2,1-2H3. The van der Waals surface area contributed by atoms with E-state index >= 15 is 0 Å². The molecule has 1 aromatic rings. The van der Waals surface area contributed by atoms with Crippen LogP contribution in [0.25, 0.3) is 0 Å². The van der Waals surface area contributed by atoms with Crippen LogP contribution in [0, 0.1) is 5.92 Å². The average molecular weight is 263 g/mol. The Morgan fingerprint density at radius 3 is 3.16 bits per heavy atom. The fourth-order valence-electron chi connectivity index (χ4n) is 2.76. The SMILES string of the molecule is CCNC(C)c1ccnc(N2CCC(CCO)C2)c1. The summed E-state index contributed by atoms with van der Waals surface area (Å²) in [5.41, 5.74) is 1.29. The number of rotatable bonds is 6. The third-order valence-electron chi connectivity index (χ3n) is 3.93. The molecule has 2 unspecified atom stereocenters. The van der Waals surface area contributed by atoms with Crippen LogP contribution in [0.2, 0.25) is 0 Å². The summed E-state index contributed by atoms with van der Waals surface area (Å²) in [6.07, 6.45) is 3.97. The van der Waals surface area contributed by atoms with E-state index in [4.69, 9.17) is 5.11 Å². The van der Waals surface area contributed by atoms with E-state index in [2.05, 4.69) is 41.2 Å². The van der Waals surface area contributed by atoms with E-state index in [9.17, 15) is 0 Å². The monoisotopic (exact) mass is 263 g/mol. The Kier molecular flexibility index (Phi) is 5.16. The average Bonchev–Trinajstić information content (AvgIpc) is 2.88. The molecule has 0 saturated carbocycles. The molecular weight excluding hydrogens is 238 g/mol. The minimum atomic E-state index is 0.295. The largest absolute Gasteiger partial charge is 0.396 e. The number of aliphatic hydroxyl groups excluding tert-OH is 1. The number of aromatic nitrogens is 1. The molecule has 1 aliphatic heterocycles. The van der Waals surface area contributed by atoms with Crippen LogP contribution < -0.4 is 10.2 Å². The van der Waals surface area contributed by atoms with Crippen molar-refractivity contribution in [2.24, 2.45) is 5.92 Å². The molecule has 4 nitrogen and oxygen atoms in total. The lowest BCUT2D eigenvalue weighted by Gasteiger charge is -2.20. The Labute approximate surface area is 115 Å². The molecule has 1 aromatic heterocycles. The number of anilines is 1. The van der Waals surface area contributed by atoms with Crippen LogP contribution in [0.15, 0.2) is 18.3 Å². The van der Waals surface area contributed by atoms with Gasteiger partial charge in [-0.05, 0) is 49.9 Å². The van der Waals surface area contributed by atoms with Gasteiger partial charge in [0.2, 0.25) is 0 Å². The zero-order chi connectivity index (χ0) is 13.7. The van der Waals surface area contributed by atoms with E-state index in [1.165, 1.54) is 5.56 Å². The van der Waals surface area contributed by atoms with Crippen LogP contribution in [0.1, 0.15) is 38.3 Å². The molecule has 4 heteroatoms. The molecule has 0 radical (unpaired) electrons. The summed E-state index contributed by atoms with van der Waals surface area (Å²) in [4.78, 5) is 6.83. The van der Waals surface area contributed by atoms with Gasteiger partial charge in [-0.2, -0.15) is 0 Å². The molecule has 0 aliphatic carbocycles. The molecular formula is C15H25N3O. The van der Waals surface area contributed by atoms with E-state index in [1.54, 1.807) is 0 Å². The Hall–Kier alpha value is -1.13. The van der Waals surface area contributed by atoms with Gasteiger partial charge in [-0.15, -0.1) is 0 Å². The quantitative estimate of drug-likeness (QED) is 0.824. The molecule has 2 N–H and O–H groups in total. The number of hydrogen-bond donors (Lipinski definition) is 2. The molecule has 0 amide bonds. The molecule has 1 saturated heterocycles. The Morgan fingerprint density at radius 1 is 1.58 bits per heavy atom. The Bertz CT molecular complexity index is 397. The minimum absolute atomic E-state index is 0.295. The van der Waals surface area contributed by atoms with Crippen molar-refractivity contribution in [2.45, 2.75) is 32.7 Å². The summed E-state index contributed by atoms with van der Waals surface area (Å²) >= 11 is 0. The van der Waals surface area contributed by atoms with Crippen LogP contribution >= 0.6 is 0 Å². The second-order valence-electron chi connectivity index (χ2n) is 5.34. The van der Waals surface area contributed by atoms with Crippen LogP contribution in [0.3, 0.4) is 0 Å². The van der Waals surface area contributed by atoms with Gasteiger partial charge in [0.15, 0.2) is 0 Å². The van der Waals surface area contributed by atoms with Gasteiger partial charge in [0, 0.05) is 31.9 Å². The van der Waals surface area contributed by atoms with Crippen molar-refractivity contribution in [1.82, 2.24) is 10.3 Å². The third-order valence-corrected chi connectivity index (χ3v) is 3.93. The summed E-state index contributed by atoms with van der Waals surface area (Å²) in [6.45, 7) is 7.65. The molecule has 0 spiro atoms. The molecule has 2 rings (SSSR count). The van der Waals surface area contributed by atoms with Crippen molar-refractivity contribution in [1.29, 1.82) is 0 Å². The highest BCUT2D eigenvalue weighted by Gasteiger charge is 2.23. The normalized spacial score (nSPS) is 20.8. The van der Waals surface area contributed by atoms with Crippen molar-refractivity contribution >= 4 is 5.82 Å². The molecule has 0 bridgehead atoms. The summed E-state index contributed by atoms with van der Waals surface area (Å²) in [5.74, 6) is 1.68. The van der Waals surface area contributed by atoms with Crippen LogP contribution in [-0.4, -0.2) is 36.3 Å². The summed E-state index contributed by atoms with van der Waals surface area (Å²) in [6, 6.07) is 4.63. The highest BCUT2D eigenvalue weighted by Crippen LogP contribution is 2.25. The maximum absolute atomic E-state index is 9.02. The van der Waals surface area contributed by atoms with E-state index in [0.717, 1.165) is 38.3 Å². The molecule has 2 heterocycles. The zero-order valence-corrected chi connectivity index (χ0v) is 12.0. The van der Waals surface area contributed by atoms with Gasteiger partial charge in [0.05, 0.1) is 0 Å². The molecule has 1 fully saturated rings. The van der Waals surface area contributed by atoms with Crippen molar-refractivity contribution in [3.05, 3.63) is 23.9 Å². The smallest absolute Gasteiger partial charge is 0.128 e.